The van der Waals surface area contributed by atoms with Crippen molar-refractivity contribution in [2.24, 2.45) is 5.92 Å². The molecule has 0 aliphatic carbocycles. The van der Waals surface area contributed by atoms with Crippen LogP contribution in [0.4, 0.5) is 4.79 Å². The van der Waals surface area contributed by atoms with Crippen molar-refractivity contribution >= 4 is 17.8 Å². The molecule has 7 nitrogen and oxygen atoms in total. The molecule has 0 aromatic heterocycles. The first-order valence-electron chi connectivity index (χ1n) is 7.96. The average Bonchev–Trinajstić information content (AvgIpc) is 3.05. The van der Waals surface area contributed by atoms with Crippen LogP contribution < -0.4 is 5.32 Å². The van der Waals surface area contributed by atoms with Crippen molar-refractivity contribution in [1.82, 2.24) is 20.0 Å². The number of imide groups is 1. The molecule has 0 aromatic carbocycles. The van der Waals surface area contributed by atoms with Crippen LogP contribution in [0.15, 0.2) is 0 Å². The molecule has 2 atom stereocenters. The lowest BCUT2D eigenvalue weighted by molar-refractivity contribution is -0.131. The van der Waals surface area contributed by atoms with Gasteiger partial charge >= 0.3 is 6.03 Å². The number of nitrogens with one attached hydrogen (secondary N) is 1. The number of amides is 4. The number of likely N-dealkylation sites (N-methyl/N-ethyl adjacent to an activating group) is 1. The van der Waals surface area contributed by atoms with Crippen molar-refractivity contribution in [3.8, 4) is 0 Å². The summed E-state index contributed by atoms with van der Waals surface area (Å²) < 4.78 is 0. The Hall–Kier alpha value is -1.63. The fourth-order valence-corrected chi connectivity index (χ4v) is 3.27. The summed E-state index contributed by atoms with van der Waals surface area (Å²) in [5.74, 6) is 0.428. The third-order valence-electron chi connectivity index (χ3n) is 4.66. The molecule has 2 heterocycles. The Bertz CT molecular complexity index is 436. The second kappa shape index (κ2) is 7.09. The maximum absolute atomic E-state index is 12.3. The molecule has 4 amide bonds. The third-order valence-corrected chi connectivity index (χ3v) is 4.66. The molecular weight excluding hydrogens is 284 g/mol. The first-order valence-corrected chi connectivity index (χ1v) is 7.96. The molecular formula is C15H26N4O3. The van der Waals surface area contributed by atoms with E-state index in [0.717, 1.165) is 19.5 Å². The maximum atomic E-state index is 12.3. The summed E-state index contributed by atoms with van der Waals surface area (Å²) in [6.45, 7) is 4.13. The lowest BCUT2D eigenvalue weighted by Crippen LogP contribution is -2.36. The van der Waals surface area contributed by atoms with Gasteiger partial charge in [-0.2, -0.15) is 0 Å². The van der Waals surface area contributed by atoms with Crippen molar-refractivity contribution in [3.05, 3.63) is 0 Å². The van der Waals surface area contributed by atoms with Crippen LogP contribution in [0.25, 0.3) is 0 Å². The first kappa shape index (κ1) is 16.7. The molecule has 1 N–H and O–H groups in total. The molecule has 2 aliphatic heterocycles. The van der Waals surface area contributed by atoms with Gasteiger partial charge in [0.05, 0.1) is 6.54 Å². The Balaban J connectivity index is 1.78. The third kappa shape index (κ3) is 3.58. The molecule has 2 rings (SSSR count). The van der Waals surface area contributed by atoms with Gasteiger partial charge in [-0.3, -0.25) is 14.5 Å². The van der Waals surface area contributed by atoms with Crippen LogP contribution in [0, 0.1) is 5.92 Å². The Morgan fingerprint density at radius 3 is 2.55 bits per heavy atom. The van der Waals surface area contributed by atoms with E-state index in [0.29, 0.717) is 31.3 Å². The molecule has 2 saturated heterocycles. The van der Waals surface area contributed by atoms with Gasteiger partial charge in [-0.05, 0) is 26.4 Å². The van der Waals surface area contributed by atoms with Crippen LogP contribution in [0.5, 0.6) is 0 Å². The number of urea groups is 1. The topological polar surface area (TPSA) is 73.0 Å². The summed E-state index contributed by atoms with van der Waals surface area (Å²) >= 11 is 0. The summed E-state index contributed by atoms with van der Waals surface area (Å²) in [7, 11) is 4.11. The van der Waals surface area contributed by atoms with E-state index in [1.807, 2.05) is 4.90 Å². The SMILES string of the molecule is CC[C@@H]1CN(C(=O)CCCN2C(=O)CNC2=O)C[C@H]1N(C)C. The van der Waals surface area contributed by atoms with Gasteiger partial charge in [0.1, 0.15) is 0 Å². The van der Waals surface area contributed by atoms with Crippen molar-refractivity contribution in [1.29, 1.82) is 0 Å². The number of rotatable bonds is 6. The molecule has 0 unspecified atom stereocenters. The number of likely N-dealkylation sites (tertiary alicyclic amines) is 1. The molecule has 0 spiro atoms. The molecule has 0 saturated carbocycles. The molecule has 2 fully saturated rings. The Kier molecular flexibility index (Phi) is 5.39. The van der Waals surface area contributed by atoms with Crippen molar-refractivity contribution < 1.29 is 14.4 Å². The van der Waals surface area contributed by atoms with E-state index in [1.54, 1.807) is 0 Å². The monoisotopic (exact) mass is 310 g/mol. The van der Waals surface area contributed by atoms with Gasteiger partial charge in [0.15, 0.2) is 0 Å². The zero-order chi connectivity index (χ0) is 16.3. The van der Waals surface area contributed by atoms with Crippen LogP contribution in [0.2, 0.25) is 0 Å². The Morgan fingerprint density at radius 1 is 1.32 bits per heavy atom. The molecule has 0 aromatic rings. The molecule has 22 heavy (non-hydrogen) atoms. The van der Waals surface area contributed by atoms with Gasteiger partial charge < -0.3 is 15.1 Å². The summed E-state index contributed by atoms with van der Waals surface area (Å²) in [6, 6.07) is 0.0669. The summed E-state index contributed by atoms with van der Waals surface area (Å²) in [4.78, 5) is 40.5. The Labute approximate surface area is 131 Å². The van der Waals surface area contributed by atoms with E-state index in [1.165, 1.54) is 4.90 Å². The number of hydrogen-bond acceptors (Lipinski definition) is 4. The van der Waals surface area contributed by atoms with Gasteiger partial charge in [0.2, 0.25) is 11.8 Å². The average molecular weight is 310 g/mol. The maximum Gasteiger partial charge on any atom is 0.324 e. The van der Waals surface area contributed by atoms with Gasteiger partial charge in [-0.15, -0.1) is 0 Å². The van der Waals surface area contributed by atoms with Crippen LogP contribution in [-0.4, -0.2) is 78.9 Å². The molecule has 7 heteroatoms. The molecule has 0 radical (unpaired) electrons. The normalized spacial score (nSPS) is 25.3. The number of hydrogen-bond donors (Lipinski definition) is 1. The number of carbonyl (C=O) groups is 3. The smallest absolute Gasteiger partial charge is 0.324 e. The highest BCUT2D eigenvalue weighted by Gasteiger charge is 2.35. The summed E-state index contributed by atoms with van der Waals surface area (Å²) in [5, 5.41) is 2.48. The van der Waals surface area contributed by atoms with Gasteiger partial charge in [0, 0.05) is 32.1 Å². The van der Waals surface area contributed by atoms with Crippen molar-refractivity contribution in [2.75, 3.05) is 40.3 Å². The van der Waals surface area contributed by atoms with E-state index in [9.17, 15) is 14.4 Å². The largest absolute Gasteiger partial charge is 0.341 e. The number of nitrogens with zero attached hydrogens (tertiary/aromatic N) is 3. The highest BCUT2D eigenvalue weighted by atomic mass is 16.2. The quantitative estimate of drug-likeness (QED) is 0.707. The second-order valence-corrected chi connectivity index (χ2v) is 6.31. The first-order chi connectivity index (χ1) is 10.4. The van der Waals surface area contributed by atoms with Crippen molar-refractivity contribution in [2.45, 2.75) is 32.2 Å². The van der Waals surface area contributed by atoms with Crippen LogP contribution in [0.3, 0.4) is 0 Å². The minimum atomic E-state index is -0.350. The predicted octanol–water partition coefficient (Wildman–Crippen LogP) is 0.117. The molecule has 0 bridgehead atoms. The van der Waals surface area contributed by atoms with Gasteiger partial charge in [0.25, 0.3) is 0 Å². The lowest BCUT2D eigenvalue weighted by Gasteiger charge is -2.23. The van der Waals surface area contributed by atoms with E-state index in [4.69, 9.17) is 0 Å². The Morgan fingerprint density at radius 2 is 2.05 bits per heavy atom. The fourth-order valence-electron chi connectivity index (χ4n) is 3.27. The van der Waals surface area contributed by atoms with Gasteiger partial charge in [-0.1, -0.05) is 13.3 Å². The van der Waals surface area contributed by atoms with E-state index < -0.39 is 0 Å². The lowest BCUT2D eigenvalue weighted by atomic mass is 10.0. The number of carbonyl (C=O) groups excluding carboxylic acids is 3. The van der Waals surface area contributed by atoms with Crippen LogP contribution in [0.1, 0.15) is 26.2 Å². The highest BCUT2D eigenvalue weighted by molar-refractivity contribution is 6.01. The molecule has 2 aliphatic rings. The van der Waals surface area contributed by atoms with E-state index in [2.05, 4.69) is 31.2 Å². The fraction of sp³-hybridized carbons (Fsp3) is 0.800. The highest BCUT2D eigenvalue weighted by Crippen LogP contribution is 2.24. The summed E-state index contributed by atoms with van der Waals surface area (Å²) in [5.41, 5.74) is 0. The standard InChI is InChI=1S/C15H26N4O3/c1-4-11-9-18(10-12(11)17(2)3)13(20)6-5-7-19-14(21)8-16-15(19)22/h11-12H,4-10H2,1-3H3,(H,16,22)/t11-,12-/m1/s1. The predicted molar refractivity (Wildman–Crippen MR) is 82.2 cm³/mol. The van der Waals surface area contributed by atoms with Crippen LogP contribution in [-0.2, 0) is 9.59 Å². The van der Waals surface area contributed by atoms with Crippen molar-refractivity contribution in [3.63, 3.8) is 0 Å². The van der Waals surface area contributed by atoms with Gasteiger partial charge in [-0.25, -0.2) is 4.79 Å². The zero-order valence-corrected chi connectivity index (χ0v) is 13.7. The minimum absolute atomic E-state index is 0.0710. The minimum Gasteiger partial charge on any atom is -0.341 e. The van der Waals surface area contributed by atoms with E-state index >= 15 is 0 Å². The zero-order valence-electron chi connectivity index (χ0n) is 13.7. The van der Waals surface area contributed by atoms with Crippen LogP contribution >= 0.6 is 0 Å². The molecule has 124 valence electrons. The summed E-state index contributed by atoms with van der Waals surface area (Å²) in [6.07, 6.45) is 1.97. The van der Waals surface area contributed by atoms with E-state index in [-0.39, 0.29) is 24.4 Å². The second-order valence-electron chi connectivity index (χ2n) is 6.31.